The summed E-state index contributed by atoms with van der Waals surface area (Å²) in [5.74, 6) is -0.683. The van der Waals surface area contributed by atoms with Gasteiger partial charge in [0.1, 0.15) is 0 Å². The van der Waals surface area contributed by atoms with Crippen LogP contribution in [0.5, 0.6) is 11.5 Å². The van der Waals surface area contributed by atoms with Crippen molar-refractivity contribution in [2.24, 2.45) is 0 Å². The highest BCUT2D eigenvalue weighted by atomic mass is 35.5. The lowest BCUT2D eigenvalue weighted by molar-refractivity contribution is -0.113. The van der Waals surface area contributed by atoms with E-state index in [0.29, 0.717) is 25.5 Å². The van der Waals surface area contributed by atoms with Gasteiger partial charge in [-0.1, -0.05) is 41.6 Å². The van der Waals surface area contributed by atoms with Crippen molar-refractivity contribution < 1.29 is 29.0 Å². The van der Waals surface area contributed by atoms with E-state index in [2.05, 4.69) is 0 Å². The van der Waals surface area contributed by atoms with Crippen LogP contribution in [0.3, 0.4) is 0 Å². The number of halogens is 1. The molecule has 11 heteroatoms. The lowest BCUT2D eigenvalue weighted by Crippen LogP contribution is -2.27. The highest BCUT2D eigenvalue weighted by molar-refractivity contribution is 8.27. The maximum Gasteiger partial charge on any atom is 0.330 e. The van der Waals surface area contributed by atoms with Crippen LogP contribution < -0.4 is 9.64 Å². The minimum absolute atomic E-state index is 0.00857. The molecule has 0 aliphatic carbocycles. The second kappa shape index (κ2) is 8.47. The second-order valence-corrected chi connectivity index (χ2v) is 9.81. The van der Waals surface area contributed by atoms with Gasteiger partial charge in [-0.25, -0.2) is 0 Å². The molecule has 3 rings (SSSR count). The smallest absolute Gasteiger partial charge is 0.330 e. The van der Waals surface area contributed by atoms with Crippen LogP contribution >= 0.6 is 43.2 Å². The lowest BCUT2D eigenvalue weighted by atomic mass is 10.1. The number of phenols is 1. The topological polar surface area (TPSA) is 107 Å². The molecule has 1 amide bonds. The van der Waals surface area contributed by atoms with Crippen LogP contribution in [0.2, 0.25) is 5.02 Å². The van der Waals surface area contributed by atoms with Gasteiger partial charge in [0.2, 0.25) is 0 Å². The summed E-state index contributed by atoms with van der Waals surface area (Å²) >= 11 is 12.4. The van der Waals surface area contributed by atoms with Crippen molar-refractivity contribution in [3.63, 3.8) is 0 Å². The summed E-state index contributed by atoms with van der Waals surface area (Å²) in [5.41, 5.74) is 0.970. The predicted molar refractivity (Wildman–Crippen MR) is 118 cm³/mol. The van der Waals surface area contributed by atoms with Gasteiger partial charge in [0.15, 0.2) is 15.8 Å². The first-order valence-electron chi connectivity index (χ1n) is 8.07. The van der Waals surface area contributed by atoms with E-state index in [0.717, 1.165) is 11.8 Å². The summed E-state index contributed by atoms with van der Waals surface area (Å²) in [5, 5.41) is 10.6. The number of anilines is 1. The quantitative estimate of drug-likeness (QED) is 0.339. The Labute approximate surface area is 181 Å². The van der Waals surface area contributed by atoms with Crippen molar-refractivity contribution >= 4 is 65.2 Å². The number of methoxy groups -OCH3 is 1. The number of benzene rings is 2. The van der Waals surface area contributed by atoms with Crippen LogP contribution in [0.15, 0.2) is 41.3 Å². The van der Waals surface area contributed by atoms with E-state index in [-0.39, 0.29) is 23.0 Å². The number of thioether (sulfide) groups is 1. The second-order valence-electron chi connectivity index (χ2n) is 6.05. The molecule has 1 saturated heterocycles. The molecule has 1 aliphatic rings. The first kappa shape index (κ1) is 21.8. The third kappa shape index (κ3) is 5.01. The van der Waals surface area contributed by atoms with E-state index in [4.69, 9.17) is 28.6 Å². The molecule has 0 bridgehead atoms. The number of nitrogens with zero attached hydrogens (tertiary/aromatic N) is 1. The molecular weight excluding hydrogens is 457 g/mol. The summed E-state index contributed by atoms with van der Waals surface area (Å²) in [4.78, 5) is 33.0. The van der Waals surface area contributed by atoms with Crippen molar-refractivity contribution in [2.45, 2.75) is 6.16 Å². The number of thiocarbonyl (C=S) groups is 1. The summed E-state index contributed by atoms with van der Waals surface area (Å²) < 4.78 is 16.8. The summed E-state index contributed by atoms with van der Waals surface area (Å²) in [6.45, 7) is 0. The Morgan fingerprint density at radius 1 is 1.31 bits per heavy atom. The van der Waals surface area contributed by atoms with Gasteiger partial charge in [0, 0.05) is 10.6 Å². The van der Waals surface area contributed by atoms with Crippen molar-refractivity contribution in [3.8, 4) is 11.5 Å². The third-order valence-electron chi connectivity index (χ3n) is 3.93. The monoisotopic (exact) mass is 471 g/mol. The molecule has 2 aromatic carbocycles. The number of hydrogen-bond donors (Lipinski definition) is 3. The van der Waals surface area contributed by atoms with Crippen molar-refractivity contribution in [1.29, 1.82) is 0 Å². The molecule has 0 spiro atoms. The third-order valence-corrected chi connectivity index (χ3v) is 6.22. The van der Waals surface area contributed by atoms with Crippen LogP contribution in [0.1, 0.15) is 11.1 Å². The molecule has 29 heavy (non-hydrogen) atoms. The molecule has 3 N–H and O–H groups in total. The van der Waals surface area contributed by atoms with Gasteiger partial charge in [-0.05, 0) is 42.0 Å². The zero-order chi connectivity index (χ0) is 21.3. The SMILES string of the molecule is COc1cc(/C=C2\SC(=S)N(c3cccc(Cl)c3)C2=O)cc(CP(=O)(O)O)c1O. The molecule has 0 radical (unpaired) electrons. The molecule has 7 nitrogen and oxygen atoms in total. The van der Waals surface area contributed by atoms with Crippen LogP contribution in [0.25, 0.3) is 6.08 Å². The van der Waals surface area contributed by atoms with E-state index < -0.39 is 13.8 Å². The number of carbonyl (C=O) groups is 1. The van der Waals surface area contributed by atoms with E-state index in [1.807, 2.05) is 0 Å². The average molecular weight is 472 g/mol. The first-order valence-corrected chi connectivity index (χ1v) is 11.5. The Morgan fingerprint density at radius 2 is 2.03 bits per heavy atom. The maximum absolute atomic E-state index is 12.9. The minimum atomic E-state index is -4.43. The van der Waals surface area contributed by atoms with E-state index in [1.54, 1.807) is 24.3 Å². The van der Waals surface area contributed by atoms with Gasteiger partial charge in [0.05, 0.1) is 23.9 Å². The highest BCUT2D eigenvalue weighted by Gasteiger charge is 2.33. The lowest BCUT2D eigenvalue weighted by Gasteiger charge is -2.14. The van der Waals surface area contributed by atoms with Gasteiger partial charge in [-0.3, -0.25) is 14.3 Å². The fourth-order valence-electron chi connectivity index (χ4n) is 2.73. The van der Waals surface area contributed by atoms with Gasteiger partial charge in [0.25, 0.3) is 5.91 Å². The standard InChI is InChI=1S/C18H15ClNO6PS2/c1-26-14-6-10(5-11(16(14)21)9-27(23,24)25)7-15-17(22)20(18(28)29-15)13-4-2-3-12(19)8-13/h2-8,21H,9H2,1H3,(H2,23,24,25)/b15-7-. The minimum Gasteiger partial charge on any atom is -0.504 e. The maximum atomic E-state index is 12.9. The fraction of sp³-hybridized carbons (Fsp3) is 0.111. The molecular formula is C18H15ClNO6PS2. The molecule has 0 unspecified atom stereocenters. The normalized spacial score (nSPS) is 16.0. The Balaban J connectivity index is 2.00. The van der Waals surface area contributed by atoms with Crippen LogP contribution in [0, 0.1) is 0 Å². The first-order chi connectivity index (χ1) is 13.6. The molecule has 0 saturated carbocycles. The van der Waals surface area contributed by atoms with E-state index in [9.17, 15) is 24.3 Å². The zero-order valence-corrected chi connectivity index (χ0v) is 18.2. The molecule has 1 aliphatic heterocycles. The molecule has 1 heterocycles. The fourth-order valence-corrected chi connectivity index (χ4v) is 4.90. The van der Waals surface area contributed by atoms with Crippen molar-refractivity contribution in [2.75, 3.05) is 12.0 Å². The Bertz CT molecular complexity index is 1080. The number of phenolic OH excluding ortho intramolecular Hbond substituents is 1. The average Bonchev–Trinajstić information content (AvgIpc) is 2.89. The van der Waals surface area contributed by atoms with E-state index >= 15 is 0 Å². The van der Waals surface area contributed by atoms with Crippen LogP contribution in [-0.4, -0.2) is 32.2 Å². The van der Waals surface area contributed by atoms with Crippen molar-refractivity contribution in [3.05, 3.63) is 57.5 Å². The summed E-state index contributed by atoms with van der Waals surface area (Å²) in [6.07, 6.45) is 0.856. The summed E-state index contributed by atoms with van der Waals surface area (Å²) in [6, 6.07) is 9.58. The largest absolute Gasteiger partial charge is 0.504 e. The van der Waals surface area contributed by atoms with Gasteiger partial charge >= 0.3 is 7.60 Å². The Kier molecular flexibility index (Phi) is 6.38. The van der Waals surface area contributed by atoms with Crippen LogP contribution in [-0.2, 0) is 15.5 Å². The molecule has 152 valence electrons. The van der Waals surface area contributed by atoms with Gasteiger partial charge in [-0.2, -0.15) is 0 Å². The van der Waals surface area contributed by atoms with Crippen LogP contribution in [0.4, 0.5) is 5.69 Å². The molecule has 2 aromatic rings. The van der Waals surface area contributed by atoms with Gasteiger partial charge in [-0.15, -0.1) is 0 Å². The highest BCUT2D eigenvalue weighted by Crippen LogP contribution is 2.45. The molecule has 0 atom stereocenters. The Morgan fingerprint density at radius 3 is 2.66 bits per heavy atom. The van der Waals surface area contributed by atoms with Gasteiger partial charge < -0.3 is 19.6 Å². The summed E-state index contributed by atoms with van der Waals surface area (Å²) in [7, 11) is -3.11. The number of rotatable bonds is 5. The predicted octanol–water partition coefficient (Wildman–Crippen LogP) is 4.14. The van der Waals surface area contributed by atoms with Crippen molar-refractivity contribution in [1.82, 2.24) is 0 Å². The zero-order valence-electron chi connectivity index (χ0n) is 14.9. The number of carbonyl (C=O) groups excluding carboxylic acids is 1. The molecule has 0 aromatic heterocycles. The van der Waals surface area contributed by atoms with E-state index in [1.165, 1.54) is 30.2 Å². The molecule has 1 fully saturated rings. The number of amides is 1. The Hall–Kier alpha value is -1.87. The number of ether oxygens (including phenoxy) is 1. The number of aromatic hydroxyl groups is 1. The number of hydrogen-bond acceptors (Lipinski definition) is 6.